The number of hydrogen-bond donors (Lipinski definition) is 3. The lowest BCUT2D eigenvalue weighted by Gasteiger charge is -2.29. The molecule has 31 heavy (non-hydrogen) atoms. The number of carbonyl (C=O) groups excluding carboxylic acids is 2. The maximum absolute atomic E-state index is 12.5. The van der Waals surface area contributed by atoms with Gasteiger partial charge in [-0.2, -0.15) is 0 Å². The van der Waals surface area contributed by atoms with Crippen LogP contribution in [0.3, 0.4) is 0 Å². The second kappa shape index (κ2) is 9.80. The topological polar surface area (TPSA) is 113 Å². The number of aliphatic hydroxyl groups excluding tert-OH is 1. The summed E-state index contributed by atoms with van der Waals surface area (Å²) in [7, 11) is 0. The van der Waals surface area contributed by atoms with Gasteiger partial charge in [0, 0.05) is 35.7 Å². The average molecular weight is 453 g/mol. The van der Waals surface area contributed by atoms with E-state index < -0.39 is 36.1 Å². The van der Waals surface area contributed by atoms with Crippen molar-refractivity contribution in [1.29, 1.82) is 0 Å². The molecule has 2 atom stereocenters. The van der Waals surface area contributed by atoms with Gasteiger partial charge in [0.05, 0.1) is 18.5 Å². The molecule has 0 aliphatic carbocycles. The molecule has 0 radical (unpaired) electrons. The van der Waals surface area contributed by atoms with E-state index >= 15 is 0 Å². The standard InChI is InChI=1S/C20H19ClF2N4O4/c1-10(27-19(29)14-9-25-13(8-26-14)18(22)23)4-5-24-20(30)17-7-15(28)12-6-11(21)2-3-16(12)31-17/h2-3,6,8-9,15,17-18,28H,1,4-5,7H2,(H,24,30)(H,27,29). The fourth-order valence-corrected chi connectivity index (χ4v) is 3.06. The number of aromatic nitrogens is 2. The maximum atomic E-state index is 12.5. The second-order valence-corrected chi connectivity index (χ2v) is 7.20. The number of halogens is 3. The van der Waals surface area contributed by atoms with E-state index in [1.807, 2.05) is 0 Å². The third-order valence-corrected chi connectivity index (χ3v) is 4.71. The van der Waals surface area contributed by atoms with Crippen LogP contribution in [0.15, 0.2) is 42.9 Å². The van der Waals surface area contributed by atoms with E-state index in [1.54, 1.807) is 18.2 Å². The van der Waals surface area contributed by atoms with Gasteiger partial charge in [0.1, 0.15) is 17.1 Å². The van der Waals surface area contributed by atoms with E-state index in [9.17, 15) is 23.5 Å². The van der Waals surface area contributed by atoms with Gasteiger partial charge in [0.15, 0.2) is 6.10 Å². The van der Waals surface area contributed by atoms with Crippen LogP contribution in [0.1, 0.15) is 47.1 Å². The van der Waals surface area contributed by atoms with E-state index in [0.29, 0.717) is 16.3 Å². The van der Waals surface area contributed by atoms with Crippen molar-refractivity contribution in [1.82, 2.24) is 20.6 Å². The molecule has 3 N–H and O–H groups in total. The number of nitrogens with one attached hydrogen (secondary N) is 2. The number of ether oxygens (including phenoxy) is 1. The molecular weight excluding hydrogens is 434 g/mol. The number of benzene rings is 1. The largest absolute Gasteiger partial charge is 0.480 e. The van der Waals surface area contributed by atoms with Crippen LogP contribution in [0, 0.1) is 0 Å². The fraction of sp³-hybridized carbons (Fsp3) is 0.300. The molecule has 8 nitrogen and oxygen atoms in total. The highest BCUT2D eigenvalue weighted by molar-refractivity contribution is 6.30. The molecule has 11 heteroatoms. The predicted molar refractivity (Wildman–Crippen MR) is 107 cm³/mol. The summed E-state index contributed by atoms with van der Waals surface area (Å²) in [4.78, 5) is 31.5. The first-order valence-corrected chi connectivity index (χ1v) is 9.63. The summed E-state index contributed by atoms with van der Waals surface area (Å²) in [5.41, 5.74) is 0.142. The van der Waals surface area contributed by atoms with Crippen LogP contribution in [0.5, 0.6) is 5.75 Å². The van der Waals surface area contributed by atoms with Crippen molar-refractivity contribution in [3.05, 3.63) is 64.8 Å². The highest BCUT2D eigenvalue weighted by atomic mass is 35.5. The summed E-state index contributed by atoms with van der Waals surface area (Å²) in [6.45, 7) is 3.84. The van der Waals surface area contributed by atoms with E-state index in [4.69, 9.17) is 16.3 Å². The number of carbonyl (C=O) groups is 2. The Kier molecular flexibility index (Phi) is 7.13. The van der Waals surface area contributed by atoms with Gasteiger partial charge in [-0.1, -0.05) is 18.2 Å². The zero-order valence-electron chi connectivity index (χ0n) is 16.1. The lowest BCUT2D eigenvalue weighted by molar-refractivity contribution is -0.130. The molecule has 0 saturated carbocycles. The Balaban J connectivity index is 1.45. The van der Waals surface area contributed by atoms with Crippen molar-refractivity contribution in [2.45, 2.75) is 31.5 Å². The van der Waals surface area contributed by atoms with Crippen LogP contribution in [0.4, 0.5) is 8.78 Å². The number of fused-ring (bicyclic) bond motifs is 1. The van der Waals surface area contributed by atoms with Crippen molar-refractivity contribution in [3.63, 3.8) is 0 Å². The summed E-state index contributed by atoms with van der Waals surface area (Å²) in [6.07, 6.45) is -2.48. The molecule has 1 aliphatic heterocycles. The number of alkyl halides is 2. The Labute approximate surface area is 181 Å². The third kappa shape index (κ3) is 5.74. The van der Waals surface area contributed by atoms with Gasteiger partial charge in [-0.05, 0) is 18.2 Å². The molecule has 2 unspecified atom stereocenters. The summed E-state index contributed by atoms with van der Waals surface area (Å²) >= 11 is 5.91. The van der Waals surface area contributed by atoms with Crippen LogP contribution in [0.25, 0.3) is 0 Å². The van der Waals surface area contributed by atoms with Crippen LogP contribution < -0.4 is 15.4 Å². The summed E-state index contributed by atoms with van der Waals surface area (Å²) in [5.74, 6) is -0.690. The Hall–Kier alpha value is -3.11. The van der Waals surface area contributed by atoms with E-state index in [1.165, 1.54) is 0 Å². The minimum atomic E-state index is -2.77. The molecule has 0 bridgehead atoms. The first-order valence-electron chi connectivity index (χ1n) is 9.25. The fourth-order valence-electron chi connectivity index (χ4n) is 2.88. The number of hydrogen-bond acceptors (Lipinski definition) is 6. The molecule has 2 amide bonds. The molecule has 1 aromatic heterocycles. The molecule has 2 heterocycles. The average Bonchev–Trinajstić information content (AvgIpc) is 2.74. The smallest absolute Gasteiger partial charge is 0.281 e. The highest BCUT2D eigenvalue weighted by Crippen LogP contribution is 2.36. The first kappa shape index (κ1) is 22.6. The second-order valence-electron chi connectivity index (χ2n) is 6.77. The van der Waals surface area contributed by atoms with Crippen LogP contribution >= 0.6 is 11.6 Å². The molecule has 164 valence electrons. The zero-order chi connectivity index (χ0) is 22.5. The summed E-state index contributed by atoms with van der Waals surface area (Å²) < 4.78 is 30.6. The molecule has 1 aliphatic rings. The minimum Gasteiger partial charge on any atom is -0.480 e. The highest BCUT2D eigenvalue weighted by Gasteiger charge is 2.31. The SMILES string of the molecule is C=C(CCNC(=O)C1CC(O)c2cc(Cl)ccc2O1)NC(=O)c1cnc(C(F)F)cn1. The third-order valence-electron chi connectivity index (χ3n) is 4.47. The number of rotatable bonds is 7. The van der Waals surface area contributed by atoms with Crippen molar-refractivity contribution in [3.8, 4) is 5.75 Å². The van der Waals surface area contributed by atoms with Crippen molar-refractivity contribution < 1.29 is 28.2 Å². The lowest BCUT2D eigenvalue weighted by atomic mass is 9.98. The summed E-state index contributed by atoms with van der Waals surface area (Å²) in [6, 6.07) is 4.79. The van der Waals surface area contributed by atoms with Crippen molar-refractivity contribution in [2.75, 3.05) is 6.54 Å². The van der Waals surface area contributed by atoms with Crippen LogP contribution in [-0.2, 0) is 4.79 Å². The molecule has 0 fully saturated rings. The molecule has 0 spiro atoms. The van der Waals surface area contributed by atoms with Gasteiger partial charge in [-0.25, -0.2) is 13.8 Å². The molecule has 2 aromatic rings. The van der Waals surface area contributed by atoms with Crippen molar-refractivity contribution >= 4 is 23.4 Å². The number of nitrogens with zero attached hydrogens (tertiary/aromatic N) is 2. The van der Waals surface area contributed by atoms with Gasteiger partial charge in [0.2, 0.25) is 0 Å². The minimum absolute atomic E-state index is 0.0736. The number of amides is 2. The molecule has 0 saturated heterocycles. The quantitative estimate of drug-likeness (QED) is 0.595. The van der Waals surface area contributed by atoms with Crippen LogP contribution in [-0.4, -0.2) is 39.5 Å². The predicted octanol–water partition coefficient (Wildman–Crippen LogP) is 2.70. The maximum Gasteiger partial charge on any atom is 0.281 e. The normalized spacial score (nSPS) is 17.5. The summed E-state index contributed by atoms with van der Waals surface area (Å²) in [5, 5.41) is 15.8. The number of aliphatic hydroxyl groups is 1. The van der Waals surface area contributed by atoms with Gasteiger partial charge in [-0.15, -0.1) is 0 Å². The molecule has 3 rings (SSSR count). The zero-order valence-corrected chi connectivity index (χ0v) is 16.9. The van der Waals surface area contributed by atoms with E-state index in [-0.39, 0.29) is 30.8 Å². The van der Waals surface area contributed by atoms with Gasteiger partial charge < -0.3 is 20.5 Å². The van der Waals surface area contributed by atoms with E-state index in [0.717, 1.165) is 12.4 Å². The Morgan fingerprint density at radius 1 is 1.32 bits per heavy atom. The van der Waals surface area contributed by atoms with Gasteiger partial charge >= 0.3 is 0 Å². The van der Waals surface area contributed by atoms with Gasteiger partial charge in [0.25, 0.3) is 18.2 Å². The Bertz CT molecular complexity index is 988. The molecule has 1 aromatic carbocycles. The Morgan fingerprint density at radius 3 is 2.77 bits per heavy atom. The lowest BCUT2D eigenvalue weighted by Crippen LogP contribution is -2.42. The van der Waals surface area contributed by atoms with Gasteiger partial charge in [-0.3, -0.25) is 14.6 Å². The Morgan fingerprint density at radius 2 is 2.10 bits per heavy atom. The monoisotopic (exact) mass is 452 g/mol. The van der Waals surface area contributed by atoms with Crippen molar-refractivity contribution in [2.24, 2.45) is 0 Å². The van der Waals surface area contributed by atoms with E-state index in [2.05, 4.69) is 27.2 Å². The molecular formula is C20H19ClF2N4O4. The first-order chi connectivity index (χ1) is 14.7. The van der Waals surface area contributed by atoms with Crippen LogP contribution in [0.2, 0.25) is 5.02 Å².